The van der Waals surface area contributed by atoms with E-state index in [0.29, 0.717) is 33.4 Å². The van der Waals surface area contributed by atoms with Gasteiger partial charge in [0.05, 0.1) is 10.6 Å². The Morgan fingerprint density at radius 3 is 2.79 bits per heavy atom. The first-order valence-electron chi connectivity index (χ1n) is 10.5. The van der Waals surface area contributed by atoms with Crippen LogP contribution in [-0.2, 0) is 11.3 Å². The normalized spacial score (nSPS) is 13.3. The van der Waals surface area contributed by atoms with Gasteiger partial charge in [-0.2, -0.15) is 0 Å². The lowest BCUT2D eigenvalue weighted by Gasteiger charge is -2.12. The number of hydrogen-bond donors (Lipinski definition) is 2. The summed E-state index contributed by atoms with van der Waals surface area (Å²) in [5, 5.41) is 3.26. The van der Waals surface area contributed by atoms with Crippen molar-refractivity contribution in [3.8, 4) is 22.6 Å². The Bertz CT molecular complexity index is 1450. The van der Waals surface area contributed by atoms with Crippen molar-refractivity contribution in [2.24, 2.45) is 0 Å². The third-order valence-electron chi connectivity index (χ3n) is 5.41. The number of carbonyl (C=O) groups is 1. The van der Waals surface area contributed by atoms with Crippen molar-refractivity contribution in [2.75, 3.05) is 6.79 Å². The average Bonchev–Trinajstić information content (AvgIpc) is 3.41. The minimum Gasteiger partial charge on any atom is -0.454 e. The molecule has 5 rings (SSSR count). The molecule has 0 bridgehead atoms. The Kier molecular flexibility index (Phi) is 6.01. The predicted molar refractivity (Wildman–Crippen MR) is 130 cm³/mol. The van der Waals surface area contributed by atoms with Crippen molar-refractivity contribution in [2.45, 2.75) is 30.8 Å². The number of ether oxygens (including phenoxy) is 2. The van der Waals surface area contributed by atoms with E-state index in [1.165, 1.54) is 35.2 Å². The largest absolute Gasteiger partial charge is 0.454 e. The van der Waals surface area contributed by atoms with Crippen LogP contribution in [-0.4, -0.2) is 27.9 Å². The maximum absolute atomic E-state index is 13.3. The number of H-pyrrole nitrogens is 1. The van der Waals surface area contributed by atoms with Gasteiger partial charge in [-0.1, -0.05) is 30.0 Å². The zero-order valence-electron chi connectivity index (χ0n) is 18.3. The summed E-state index contributed by atoms with van der Waals surface area (Å²) in [6.07, 6.45) is 0. The fraction of sp³-hybridized carbons (Fsp3) is 0.208. The van der Waals surface area contributed by atoms with E-state index in [2.05, 4.69) is 15.3 Å². The number of aryl methyl sites for hydroxylation is 1. The molecule has 0 saturated carbocycles. The molecule has 3 heterocycles. The van der Waals surface area contributed by atoms with Crippen LogP contribution >= 0.6 is 23.1 Å². The maximum Gasteiger partial charge on any atom is 0.260 e. The highest BCUT2D eigenvalue weighted by Crippen LogP contribution is 2.36. The van der Waals surface area contributed by atoms with Crippen LogP contribution in [0.25, 0.3) is 21.3 Å². The summed E-state index contributed by atoms with van der Waals surface area (Å²) in [7, 11) is 0. The fourth-order valence-corrected chi connectivity index (χ4v) is 5.65. The fourth-order valence-electron chi connectivity index (χ4n) is 3.72. The van der Waals surface area contributed by atoms with Crippen molar-refractivity contribution in [3.63, 3.8) is 0 Å². The van der Waals surface area contributed by atoms with E-state index in [4.69, 9.17) is 9.47 Å². The number of carbonyl (C=O) groups excluding carboxylic acids is 1. The molecule has 2 aromatic carbocycles. The van der Waals surface area contributed by atoms with Crippen molar-refractivity contribution in [1.29, 1.82) is 0 Å². The van der Waals surface area contributed by atoms with E-state index in [1.807, 2.05) is 25.1 Å². The van der Waals surface area contributed by atoms with Crippen LogP contribution in [0.3, 0.4) is 0 Å². The van der Waals surface area contributed by atoms with Gasteiger partial charge in [0.15, 0.2) is 16.7 Å². The molecule has 10 heteroatoms. The summed E-state index contributed by atoms with van der Waals surface area (Å²) in [5.74, 6) is 0.837. The Morgan fingerprint density at radius 2 is 2.00 bits per heavy atom. The summed E-state index contributed by atoms with van der Waals surface area (Å²) in [6.45, 7) is 4.20. The molecule has 1 amide bonds. The van der Waals surface area contributed by atoms with Gasteiger partial charge in [-0.25, -0.2) is 9.37 Å². The maximum atomic E-state index is 13.3. The Morgan fingerprint density at radius 1 is 1.24 bits per heavy atom. The lowest BCUT2D eigenvalue weighted by molar-refractivity contribution is -0.120. The molecular weight excluding hydrogens is 477 g/mol. The Balaban J connectivity index is 1.31. The van der Waals surface area contributed by atoms with Gasteiger partial charge in [-0.15, -0.1) is 11.3 Å². The molecule has 4 aromatic rings. The molecule has 34 heavy (non-hydrogen) atoms. The van der Waals surface area contributed by atoms with Crippen LogP contribution in [0.15, 0.2) is 52.4 Å². The number of fused-ring (bicyclic) bond motifs is 2. The topological polar surface area (TPSA) is 93.3 Å². The smallest absolute Gasteiger partial charge is 0.260 e. The standard InChI is InChI=1S/C24H20FN3O4S2/c1-12-19(15-4-6-16(25)7-5-15)20-22(30)27-24(28-23(20)33-12)34-13(2)21(29)26-10-14-3-8-17-18(9-14)32-11-31-17/h3-9,13H,10-11H2,1-2H3,(H,26,29)(H,27,28,30)/t13-/m0/s1. The summed E-state index contributed by atoms with van der Waals surface area (Å²) >= 11 is 2.58. The summed E-state index contributed by atoms with van der Waals surface area (Å²) in [4.78, 5) is 34.4. The minimum absolute atomic E-state index is 0.181. The van der Waals surface area contributed by atoms with Gasteiger partial charge in [-0.05, 0) is 49.2 Å². The lowest BCUT2D eigenvalue weighted by atomic mass is 10.0. The first kappa shape index (κ1) is 22.4. The third kappa shape index (κ3) is 4.38. The van der Waals surface area contributed by atoms with E-state index in [0.717, 1.165) is 21.6 Å². The third-order valence-corrected chi connectivity index (χ3v) is 7.39. The van der Waals surface area contributed by atoms with Crippen LogP contribution < -0.4 is 20.3 Å². The Labute approximate surface area is 202 Å². The number of thioether (sulfide) groups is 1. The highest BCUT2D eigenvalue weighted by molar-refractivity contribution is 8.00. The Hall–Kier alpha value is -3.37. The average molecular weight is 498 g/mol. The number of nitrogens with zero attached hydrogens (tertiary/aromatic N) is 1. The summed E-state index contributed by atoms with van der Waals surface area (Å²) in [5.41, 5.74) is 2.11. The molecule has 1 atom stereocenters. The summed E-state index contributed by atoms with van der Waals surface area (Å²) < 4.78 is 24.0. The number of thiophene rings is 1. The molecule has 1 aliphatic rings. The van der Waals surface area contributed by atoms with E-state index >= 15 is 0 Å². The van der Waals surface area contributed by atoms with Crippen LogP contribution in [0.1, 0.15) is 17.4 Å². The van der Waals surface area contributed by atoms with E-state index in [-0.39, 0.29) is 24.1 Å². The molecule has 0 radical (unpaired) electrons. The second kappa shape index (κ2) is 9.11. The van der Waals surface area contributed by atoms with Crippen molar-refractivity contribution in [3.05, 3.63) is 69.1 Å². The van der Waals surface area contributed by atoms with Gasteiger partial charge in [-0.3, -0.25) is 9.59 Å². The van der Waals surface area contributed by atoms with Crippen molar-refractivity contribution in [1.82, 2.24) is 15.3 Å². The molecule has 1 aliphatic heterocycles. The van der Waals surface area contributed by atoms with E-state index in [1.54, 1.807) is 19.1 Å². The molecule has 2 N–H and O–H groups in total. The predicted octanol–water partition coefficient (Wildman–Crippen LogP) is 4.62. The number of hydrogen-bond acceptors (Lipinski definition) is 7. The first-order valence-corrected chi connectivity index (χ1v) is 12.2. The monoisotopic (exact) mass is 497 g/mol. The lowest BCUT2D eigenvalue weighted by Crippen LogP contribution is -2.30. The zero-order chi connectivity index (χ0) is 23.8. The number of aromatic nitrogens is 2. The molecule has 0 saturated heterocycles. The molecule has 7 nitrogen and oxygen atoms in total. The van der Waals surface area contributed by atoms with E-state index in [9.17, 15) is 14.0 Å². The molecule has 0 unspecified atom stereocenters. The van der Waals surface area contributed by atoms with Crippen LogP contribution in [0.5, 0.6) is 11.5 Å². The zero-order valence-corrected chi connectivity index (χ0v) is 19.9. The molecular formula is C24H20FN3O4S2. The van der Waals surface area contributed by atoms with Gasteiger partial charge >= 0.3 is 0 Å². The summed E-state index contributed by atoms with van der Waals surface area (Å²) in [6, 6.07) is 11.6. The van der Waals surface area contributed by atoms with E-state index < -0.39 is 5.25 Å². The molecule has 0 fully saturated rings. The number of amides is 1. The second-order valence-electron chi connectivity index (χ2n) is 7.76. The number of rotatable bonds is 6. The number of aromatic amines is 1. The number of nitrogens with one attached hydrogen (secondary N) is 2. The van der Waals surface area contributed by atoms with Gasteiger partial charge in [0.2, 0.25) is 12.7 Å². The second-order valence-corrected chi connectivity index (χ2v) is 10.3. The highest BCUT2D eigenvalue weighted by atomic mass is 32.2. The molecule has 0 aliphatic carbocycles. The first-order chi connectivity index (χ1) is 16.4. The highest BCUT2D eigenvalue weighted by Gasteiger charge is 2.20. The quantitative estimate of drug-likeness (QED) is 0.298. The van der Waals surface area contributed by atoms with Crippen LogP contribution in [0.4, 0.5) is 4.39 Å². The SMILES string of the molecule is Cc1sc2nc(S[C@@H](C)C(=O)NCc3ccc4c(c3)OCO4)[nH]c(=O)c2c1-c1ccc(F)cc1. The minimum atomic E-state index is -0.479. The van der Waals surface area contributed by atoms with Gasteiger partial charge in [0, 0.05) is 17.0 Å². The van der Waals surface area contributed by atoms with Gasteiger partial charge in [0.1, 0.15) is 10.6 Å². The number of halogens is 1. The molecule has 174 valence electrons. The molecule has 0 spiro atoms. The van der Waals surface area contributed by atoms with Crippen molar-refractivity contribution < 1.29 is 18.7 Å². The van der Waals surface area contributed by atoms with Gasteiger partial charge < -0.3 is 19.8 Å². The van der Waals surface area contributed by atoms with Crippen LogP contribution in [0, 0.1) is 12.7 Å². The van der Waals surface area contributed by atoms with Crippen molar-refractivity contribution >= 4 is 39.2 Å². The number of benzene rings is 2. The van der Waals surface area contributed by atoms with Gasteiger partial charge in [0.25, 0.3) is 5.56 Å². The van der Waals surface area contributed by atoms with Crippen LogP contribution in [0.2, 0.25) is 0 Å². The molecule has 2 aromatic heterocycles.